The van der Waals surface area contributed by atoms with Crippen LogP contribution in [0.25, 0.3) is 27.8 Å². The van der Waals surface area contributed by atoms with Crippen molar-refractivity contribution >= 4 is 16.6 Å². The second kappa shape index (κ2) is 4.98. The summed E-state index contributed by atoms with van der Waals surface area (Å²) in [6.45, 7) is 0. The van der Waals surface area contributed by atoms with E-state index in [9.17, 15) is 17.6 Å². The molecular formula is C16H8F4N4. The zero-order valence-corrected chi connectivity index (χ0v) is 11.9. The number of hydrogen-bond donors (Lipinski definition) is 0. The number of benzene rings is 2. The zero-order chi connectivity index (χ0) is 16.9. The molecular weight excluding hydrogens is 324 g/mol. The van der Waals surface area contributed by atoms with Gasteiger partial charge in [0.05, 0.1) is 11.0 Å². The van der Waals surface area contributed by atoms with Gasteiger partial charge < -0.3 is 0 Å². The van der Waals surface area contributed by atoms with Crippen molar-refractivity contribution in [2.75, 3.05) is 0 Å². The van der Waals surface area contributed by atoms with Gasteiger partial charge in [0.2, 0.25) is 0 Å². The predicted octanol–water partition coefficient (Wildman–Crippen LogP) is 4.10. The van der Waals surface area contributed by atoms with Crippen LogP contribution < -0.4 is 0 Å². The van der Waals surface area contributed by atoms with E-state index in [0.29, 0.717) is 5.56 Å². The van der Waals surface area contributed by atoms with Gasteiger partial charge in [0, 0.05) is 11.6 Å². The van der Waals surface area contributed by atoms with E-state index in [1.54, 1.807) is 30.3 Å². The van der Waals surface area contributed by atoms with Crippen molar-refractivity contribution in [1.82, 2.24) is 19.8 Å². The van der Waals surface area contributed by atoms with Crippen molar-refractivity contribution in [2.24, 2.45) is 0 Å². The van der Waals surface area contributed by atoms with Crippen LogP contribution in [0.1, 0.15) is 5.69 Å². The van der Waals surface area contributed by atoms with Crippen LogP contribution in [0.15, 0.2) is 48.5 Å². The first-order valence-electron chi connectivity index (χ1n) is 6.92. The fourth-order valence-electron chi connectivity index (χ4n) is 2.59. The van der Waals surface area contributed by atoms with Crippen LogP contribution in [0.5, 0.6) is 0 Å². The molecule has 4 nitrogen and oxygen atoms in total. The summed E-state index contributed by atoms with van der Waals surface area (Å²) >= 11 is 0. The minimum Gasteiger partial charge on any atom is -0.239 e. The number of halogens is 4. The van der Waals surface area contributed by atoms with E-state index in [1.807, 2.05) is 0 Å². The van der Waals surface area contributed by atoms with Crippen LogP contribution in [-0.4, -0.2) is 19.8 Å². The van der Waals surface area contributed by atoms with Crippen LogP contribution in [0.3, 0.4) is 0 Å². The van der Waals surface area contributed by atoms with E-state index in [-0.39, 0.29) is 22.2 Å². The lowest BCUT2D eigenvalue weighted by atomic mass is 10.1. The molecule has 120 valence electrons. The highest BCUT2D eigenvalue weighted by molar-refractivity contribution is 5.86. The average Bonchev–Trinajstić information content (AvgIpc) is 2.99. The van der Waals surface area contributed by atoms with Crippen molar-refractivity contribution in [3.8, 4) is 11.3 Å². The Labute approximate surface area is 132 Å². The van der Waals surface area contributed by atoms with Gasteiger partial charge in [-0.15, -0.1) is 5.10 Å². The van der Waals surface area contributed by atoms with Crippen LogP contribution in [0.4, 0.5) is 17.6 Å². The summed E-state index contributed by atoms with van der Waals surface area (Å²) in [6, 6.07) is 11.7. The maximum absolute atomic E-state index is 13.5. The molecule has 0 fully saturated rings. The van der Waals surface area contributed by atoms with E-state index < -0.39 is 17.7 Å². The molecule has 0 atom stereocenters. The highest BCUT2D eigenvalue weighted by Gasteiger charge is 2.38. The molecule has 0 bridgehead atoms. The molecule has 4 aromatic rings. The number of aromatic nitrogens is 4. The van der Waals surface area contributed by atoms with Gasteiger partial charge in [-0.3, -0.25) is 0 Å². The second-order valence-corrected chi connectivity index (χ2v) is 5.16. The van der Waals surface area contributed by atoms with Gasteiger partial charge in [-0.2, -0.15) is 13.2 Å². The smallest absolute Gasteiger partial charge is 0.239 e. The molecule has 2 aromatic heterocycles. The normalized spacial score (nSPS) is 12.2. The second-order valence-electron chi connectivity index (χ2n) is 5.16. The predicted molar refractivity (Wildman–Crippen MR) is 78.7 cm³/mol. The fraction of sp³-hybridized carbons (Fsp3) is 0.0625. The molecule has 8 heteroatoms. The first-order valence-corrected chi connectivity index (χ1v) is 6.92. The van der Waals surface area contributed by atoms with Crippen molar-refractivity contribution < 1.29 is 17.6 Å². The summed E-state index contributed by atoms with van der Waals surface area (Å²) in [5, 5.41) is 7.67. The third kappa shape index (κ3) is 2.18. The third-order valence-corrected chi connectivity index (χ3v) is 3.61. The van der Waals surface area contributed by atoms with E-state index in [4.69, 9.17) is 0 Å². The maximum Gasteiger partial charge on any atom is 0.435 e. The van der Waals surface area contributed by atoms with Gasteiger partial charge in [0.25, 0.3) is 0 Å². The van der Waals surface area contributed by atoms with E-state index in [2.05, 4.69) is 15.3 Å². The molecule has 0 aliphatic rings. The number of rotatable bonds is 1. The summed E-state index contributed by atoms with van der Waals surface area (Å²) in [4.78, 5) is 3.68. The lowest BCUT2D eigenvalue weighted by Crippen LogP contribution is -2.12. The quantitative estimate of drug-likeness (QED) is 0.493. The topological polar surface area (TPSA) is 43.1 Å². The minimum absolute atomic E-state index is 0.0132. The molecule has 0 saturated carbocycles. The van der Waals surface area contributed by atoms with Gasteiger partial charge in [-0.05, 0) is 12.1 Å². The van der Waals surface area contributed by atoms with Crippen LogP contribution in [-0.2, 0) is 6.18 Å². The molecule has 0 radical (unpaired) electrons. The van der Waals surface area contributed by atoms with Crippen LogP contribution in [0.2, 0.25) is 0 Å². The largest absolute Gasteiger partial charge is 0.435 e. The Kier molecular flexibility index (Phi) is 3.02. The van der Waals surface area contributed by atoms with E-state index in [1.165, 1.54) is 6.07 Å². The van der Waals surface area contributed by atoms with Gasteiger partial charge >= 0.3 is 6.18 Å². The Bertz CT molecular complexity index is 1050. The van der Waals surface area contributed by atoms with Gasteiger partial charge in [-0.25, -0.2) is 13.9 Å². The number of nitrogens with zero attached hydrogens (tertiary/aromatic N) is 4. The average molecular weight is 332 g/mol. The monoisotopic (exact) mass is 332 g/mol. The van der Waals surface area contributed by atoms with Gasteiger partial charge in [0.15, 0.2) is 5.69 Å². The van der Waals surface area contributed by atoms with Crippen molar-refractivity contribution in [1.29, 1.82) is 0 Å². The van der Waals surface area contributed by atoms with Crippen LogP contribution >= 0.6 is 0 Å². The Morgan fingerprint density at radius 2 is 1.71 bits per heavy atom. The molecule has 0 aliphatic carbocycles. The van der Waals surface area contributed by atoms with E-state index in [0.717, 1.165) is 16.6 Å². The molecule has 0 aliphatic heterocycles. The summed E-state index contributed by atoms with van der Waals surface area (Å²) in [7, 11) is 0. The number of fused-ring (bicyclic) bond motifs is 3. The Balaban J connectivity index is 2.18. The lowest BCUT2D eigenvalue weighted by Gasteiger charge is -2.10. The van der Waals surface area contributed by atoms with Crippen molar-refractivity contribution in [3.05, 3.63) is 60.0 Å². The Morgan fingerprint density at radius 1 is 0.958 bits per heavy atom. The van der Waals surface area contributed by atoms with Crippen molar-refractivity contribution in [3.63, 3.8) is 0 Å². The molecule has 2 heterocycles. The third-order valence-electron chi connectivity index (χ3n) is 3.61. The maximum atomic E-state index is 13.5. The summed E-state index contributed by atoms with van der Waals surface area (Å²) in [5.41, 5.74) is -0.789. The summed E-state index contributed by atoms with van der Waals surface area (Å²) < 4.78 is 55.0. The highest BCUT2D eigenvalue weighted by Crippen LogP contribution is 2.36. The zero-order valence-electron chi connectivity index (χ0n) is 11.9. The molecule has 0 N–H and O–H groups in total. The standard InChI is InChI=1S/C16H8F4N4/c17-10-6-7-11-12(8-10)24-14(15(21-11)16(18,19)20)13(22-23-24)9-4-2-1-3-5-9/h1-8H. The fourth-order valence-corrected chi connectivity index (χ4v) is 2.59. The molecule has 2 aromatic carbocycles. The molecule has 0 unspecified atom stereocenters. The molecule has 24 heavy (non-hydrogen) atoms. The molecule has 0 amide bonds. The highest BCUT2D eigenvalue weighted by atomic mass is 19.4. The number of alkyl halides is 3. The summed E-state index contributed by atoms with van der Waals surface area (Å²) in [5.74, 6) is -0.595. The van der Waals surface area contributed by atoms with Gasteiger partial charge in [-0.1, -0.05) is 35.5 Å². The first-order chi connectivity index (χ1) is 11.4. The Morgan fingerprint density at radius 3 is 2.42 bits per heavy atom. The van der Waals surface area contributed by atoms with E-state index >= 15 is 0 Å². The summed E-state index contributed by atoms with van der Waals surface area (Å²) in [6.07, 6.45) is -4.70. The molecule has 4 rings (SSSR count). The van der Waals surface area contributed by atoms with Crippen molar-refractivity contribution in [2.45, 2.75) is 6.18 Å². The molecule has 0 spiro atoms. The molecule has 0 saturated heterocycles. The van der Waals surface area contributed by atoms with Gasteiger partial charge in [0.1, 0.15) is 17.0 Å². The lowest BCUT2D eigenvalue weighted by molar-refractivity contribution is -0.139. The number of hydrogen-bond acceptors (Lipinski definition) is 3. The SMILES string of the molecule is Fc1ccc2nc(C(F)(F)F)c3c(-c4ccccc4)nnn3c2c1. The Hall–Kier alpha value is -3.03. The minimum atomic E-state index is -4.70. The first kappa shape index (κ1) is 14.6. The van der Waals surface area contributed by atoms with Crippen LogP contribution in [0, 0.1) is 5.82 Å².